The van der Waals surface area contributed by atoms with Crippen molar-refractivity contribution in [3.8, 4) is 0 Å². The number of nitrogens with zero attached hydrogens (tertiary/aromatic N) is 3. The summed E-state index contributed by atoms with van der Waals surface area (Å²) in [4.78, 5) is 22.8. The van der Waals surface area contributed by atoms with Crippen molar-refractivity contribution in [3.63, 3.8) is 0 Å². The Bertz CT molecular complexity index is 940. The van der Waals surface area contributed by atoms with Gasteiger partial charge in [-0.2, -0.15) is 0 Å². The van der Waals surface area contributed by atoms with Gasteiger partial charge < -0.3 is 14.5 Å². The number of ether oxygens (including phenoxy) is 1. The summed E-state index contributed by atoms with van der Waals surface area (Å²) in [5.41, 5.74) is 2.89. The predicted octanol–water partition coefficient (Wildman–Crippen LogP) is 4.97. The second-order valence-electron chi connectivity index (χ2n) is 6.96. The van der Waals surface area contributed by atoms with Gasteiger partial charge in [0.15, 0.2) is 5.66 Å². The smallest absolute Gasteiger partial charge is 0.331 e. The van der Waals surface area contributed by atoms with Crippen molar-refractivity contribution >= 4 is 39.8 Å². The molecule has 2 aromatic rings. The molecule has 0 aromatic heterocycles. The topological polar surface area (TPSA) is 45.1 Å². The van der Waals surface area contributed by atoms with E-state index in [-0.39, 0.29) is 5.97 Å². The molecule has 6 heteroatoms. The molecule has 1 saturated heterocycles. The van der Waals surface area contributed by atoms with Crippen LogP contribution in [0.2, 0.25) is 0 Å². The number of esters is 1. The summed E-state index contributed by atoms with van der Waals surface area (Å²) in [5.74, 6) is -0.329. The lowest BCUT2D eigenvalue weighted by molar-refractivity contribution is -0.134. The predicted molar refractivity (Wildman–Crippen MR) is 121 cm³/mol. The number of benzene rings is 2. The molecule has 29 heavy (non-hydrogen) atoms. The first-order chi connectivity index (χ1) is 14.1. The van der Waals surface area contributed by atoms with Crippen LogP contribution in [-0.2, 0) is 9.53 Å². The summed E-state index contributed by atoms with van der Waals surface area (Å²) in [6.45, 7) is 6.02. The average molecular weight is 408 g/mol. The zero-order valence-corrected chi connectivity index (χ0v) is 17.8. The van der Waals surface area contributed by atoms with Crippen molar-refractivity contribution in [1.82, 2.24) is 0 Å². The van der Waals surface area contributed by atoms with Crippen molar-refractivity contribution in [1.29, 1.82) is 0 Å². The molecule has 0 saturated carbocycles. The molecule has 0 radical (unpaired) electrons. The molecule has 5 nitrogen and oxygen atoms in total. The van der Waals surface area contributed by atoms with Gasteiger partial charge in [0.1, 0.15) is 5.04 Å². The fourth-order valence-electron chi connectivity index (χ4n) is 4.31. The summed E-state index contributed by atoms with van der Waals surface area (Å²) < 4.78 is 4.89. The summed E-state index contributed by atoms with van der Waals surface area (Å²) in [6, 6.07) is 18.5. The summed E-state index contributed by atoms with van der Waals surface area (Å²) >= 11 is 1.58. The first-order valence-electron chi connectivity index (χ1n) is 9.89. The summed E-state index contributed by atoms with van der Waals surface area (Å²) in [7, 11) is 1.41. The Morgan fingerprint density at radius 1 is 1.07 bits per heavy atom. The van der Waals surface area contributed by atoms with Gasteiger partial charge in [0, 0.05) is 30.5 Å². The van der Waals surface area contributed by atoms with Gasteiger partial charge in [-0.1, -0.05) is 42.1 Å². The molecule has 0 atom stereocenters. The summed E-state index contributed by atoms with van der Waals surface area (Å²) in [6.07, 6.45) is 2.29. The first kappa shape index (κ1) is 19.6. The third-order valence-electron chi connectivity index (χ3n) is 5.45. The molecule has 150 valence electrons. The van der Waals surface area contributed by atoms with Gasteiger partial charge in [0.05, 0.1) is 24.2 Å². The van der Waals surface area contributed by atoms with Crippen molar-refractivity contribution in [2.45, 2.75) is 25.9 Å². The van der Waals surface area contributed by atoms with Crippen LogP contribution >= 0.6 is 11.8 Å². The monoisotopic (exact) mass is 407 g/mol. The molecule has 0 bridgehead atoms. The Kier molecular flexibility index (Phi) is 5.37. The van der Waals surface area contributed by atoms with E-state index in [0.717, 1.165) is 28.7 Å². The second-order valence-corrected chi connectivity index (χ2v) is 8.07. The molecule has 1 fully saturated rings. The van der Waals surface area contributed by atoms with Crippen LogP contribution in [0.5, 0.6) is 0 Å². The van der Waals surface area contributed by atoms with Gasteiger partial charge in [0.25, 0.3) is 0 Å². The molecule has 2 aliphatic heterocycles. The normalized spacial score (nSPS) is 20.0. The number of carbonyl (C=O) groups excluding carboxylic acids is 1. The van der Waals surface area contributed by atoms with Crippen LogP contribution in [0.1, 0.15) is 20.3 Å². The first-order valence-corrected chi connectivity index (χ1v) is 10.7. The van der Waals surface area contributed by atoms with Crippen molar-refractivity contribution < 1.29 is 9.53 Å². The molecule has 4 rings (SSSR count). The van der Waals surface area contributed by atoms with Gasteiger partial charge in [0.2, 0.25) is 0 Å². The van der Waals surface area contributed by atoms with Gasteiger partial charge in [-0.25, -0.2) is 9.79 Å². The number of hydrogen-bond donors (Lipinski definition) is 0. The Morgan fingerprint density at radius 3 is 2.21 bits per heavy atom. The number of aliphatic imine (C=N–C) groups is 1. The highest BCUT2D eigenvalue weighted by atomic mass is 32.2. The number of methoxy groups -OCH3 is 1. The van der Waals surface area contributed by atoms with E-state index in [9.17, 15) is 4.79 Å². The van der Waals surface area contributed by atoms with E-state index in [2.05, 4.69) is 47.9 Å². The lowest BCUT2D eigenvalue weighted by Crippen LogP contribution is -2.59. The molecular formula is C23H25N3O2S. The molecule has 2 heterocycles. The zero-order chi connectivity index (χ0) is 20.4. The van der Waals surface area contributed by atoms with E-state index in [1.807, 2.05) is 30.3 Å². The van der Waals surface area contributed by atoms with Crippen LogP contribution in [0.25, 0.3) is 0 Å². The van der Waals surface area contributed by atoms with Crippen LogP contribution in [0.4, 0.5) is 17.1 Å². The maximum atomic E-state index is 12.0. The minimum atomic E-state index is -0.437. The molecule has 1 spiro atoms. The highest BCUT2D eigenvalue weighted by molar-refractivity contribution is 8.18. The van der Waals surface area contributed by atoms with E-state index in [4.69, 9.17) is 9.73 Å². The van der Waals surface area contributed by atoms with E-state index in [1.54, 1.807) is 17.8 Å². The second kappa shape index (κ2) is 7.95. The number of carbonyl (C=O) groups is 1. The van der Waals surface area contributed by atoms with E-state index in [1.165, 1.54) is 18.5 Å². The van der Waals surface area contributed by atoms with Gasteiger partial charge in [-0.05, 0) is 38.1 Å². The highest BCUT2D eigenvalue weighted by Gasteiger charge is 2.56. The maximum absolute atomic E-state index is 12.0. The minimum absolute atomic E-state index is 0.329. The van der Waals surface area contributed by atoms with Crippen molar-refractivity contribution in [2.24, 2.45) is 4.99 Å². The van der Waals surface area contributed by atoms with E-state index >= 15 is 0 Å². The number of para-hydroxylation sites is 3. The molecule has 0 N–H and O–H groups in total. The number of anilines is 2. The van der Waals surface area contributed by atoms with Gasteiger partial charge in [-0.3, -0.25) is 0 Å². The van der Waals surface area contributed by atoms with Gasteiger partial charge >= 0.3 is 5.97 Å². The molecule has 0 aliphatic carbocycles. The van der Waals surface area contributed by atoms with Crippen LogP contribution in [0, 0.1) is 0 Å². The fourth-order valence-corrected chi connectivity index (χ4v) is 5.60. The average Bonchev–Trinajstić information content (AvgIpc) is 3.22. The molecule has 2 aromatic carbocycles. The van der Waals surface area contributed by atoms with Crippen LogP contribution in [0.3, 0.4) is 0 Å². The SMILES string of the molecule is CCN1c2ccccc2N(CC)C12C/C(=C/C(=O)OC)SC2=Nc1ccccc1. The highest BCUT2D eigenvalue weighted by Crippen LogP contribution is 2.55. The number of rotatable bonds is 4. The van der Waals surface area contributed by atoms with Crippen molar-refractivity contribution in [2.75, 3.05) is 30.0 Å². The molecule has 0 unspecified atom stereocenters. The molecular weight excluding hydrogens is 382 g/mol. The largest absolute Gasteiger partial charge is 0.466 e. The third kappa shape index (κ3) is 3.21. The number of fused-ring (bicyclic) bond motifs is 1. The number of hydrogen-bond acceptors (Lipinski definition) is 6. The molecule has 2 aliphatic rings. The quantitative estimate of drug-likeness (QED) is 0.529. The lowest BCUT2D eigenvalue weighted by atomic mass is 10.0. The molecule has 0 amide bonds. The maximum Gasteiger partial charge on any atom is 0.331 e. The van der Waals surface area contributed by atoms with Gasteiger partial charge in [-0.15, -0.1) is 0 Å². The zero-order valence-electron chi connectivity index (χ0n) is 17.0. The van der Waals surface area contributed by atoms with Crippen LogP contribution in [-0.4, -0.2) is 36.9 Å². The Labute approximate surface area is 176 Å². The standard InChI is InChI=1S/C23H25N3O2S/c1-4-25-19-13-9-10-14-20(19)26(5-2)23(25)16-18(15-21(27)28-3)29-22(23)24-17-11-7-6-8-12-17/h6-15H,4-5,16H2,1-3H3/b18-15-,24-22?. The fraction of sp³-hybridized carbons (Fsp3) is 0.304. The lowest BCUT2D eigenvalue weighted by Gasteiger charge is -2.42. The van der Waals surface area contributed by atoms with E-state index < -0.39 is 5.66 Å². The minimum Gasteiger partial charge on any atom is -0.466 e. The Hall–Kier alpha value is -2.73. The Balaban J connectivity index is 1.90. The third-order valence-corrected chi connectivity index (χ3v) is 6.58. The number of thioether (sulfide) groups is 1. The Morgan fingerprint density at radius 2 is 1.66 bits per heavy atom. The van der Waals surface area contributed by atoms with Crippen molar-refractivity contribution in [3.05, 3.63) is 65.6 Å². The van der Waals surface area contributed by atoms with Crippen LogP contribution < -0.4 is 9.80 Å². The van der Waals surface area contributed by atoms with Crippen LogP contribution in [0.15, 0.2) is 70.6 Å². The summed E-state index contributed by atoms with van der Waals surface area (Å²) in [5, 5.41) is 0.985. The van der Waals surface area contributed by atoms with E-state index in [0.29, 0.717) is 6.42 Å².